The number of nitrogens with zero attached hydrogens (tertiary/aromatic N) is 2. The average molecular weight is 336 g/mol. The molecule has 0 aliphatic carbocycles. The van der Waals surface area contributed by atoms with Crippen molar-refractivity contribution < 1.29 is 19.1 Å². The van der Waals surface area contributed by atoms with Crippen molar-refractivity contribution in [1.82, 2.24) is 4.90 Å². The van der Waals surface area contributed by atoms with Crippen LogP contribution in [0.1, 0.15) is 31.1 Å². The molecule has 126 valence electrons. The van der Waals surface area contributed by atoms with Gasteiger partial charge in [0.15, 0.2) is 0 Å². The molecule has 2 aromatic rings. The van der Waals surface area contributed by atoms with Crippen molar-refractivity contribution in [1.29, 1.82) is 0 Å². The van der Waals surface area contributed by atoms with Crippen molar-refractivity contribution in [3.8, 4) is 0 Å². The molecular formula is C19H16N2O4. The number of benzene rings is 2. The Balaban J connectivity index is 1.58. The summed E-state index contributed by atoms with van der Waals surface area (Å²) in [6.07, 6.45) is 0. The minimum Gasteiger partial charge on any atom is -0.378 e. The third-order valence-electron chi connectivity index (χ3n) is 4.46. The third-order valence-corrected chi connectivity index (χ3v) is 4.46. The van der Waals surface area contributed by atoms with E-state index < -0.39 is 0 Å². The number of anilines is 1. The van der Waals surface area contributed by atoms with Crippen LogP contribution in [0.4, 0.5) is 5.69 Å². The van der Waals surface area contributed by atoms with Crippen LogP contribution in [-0.2, 0) is 4.74 Å². The molecule has 2 aliphatic rings. The number of morpholine rings is 1. The first-order chi connectivity index (χ1) is 12.2. The van der Waals surface area contributed by atoms with Crippen LogP contribution in [0.3, 0.4) is 0 Å². The van der Waals surface area contributed by atoms with Gasteiger partial charge in [-0.1, -0.05) is 12.1 Å². The van der Waals surface area contributed by atoms with Crippen LogP contribution in [0.15, 0.2) is 48.5 Å². The lowest BCUT2D eigenvalue weighted by Gasteiger charge is -2.27. The van der Waals surface area contributed by atoms with Gasteiger partial charge >= 0.3 is 0 Å². The Bertz CT molecular complexity index is 819. The average Bonchev–Trinajstić information content (AvgIpc) is 2.93. The Hall–Kier alpha value is -2.99. The number of imide groups is 1. The normalized spacial score (nSPS) is 17.0. The molecule has 1 saturated heterocycles. The van der Waals surface area contributed by atoms with Crippen molar-refractivity contribution in [2.45, 2.75) is 0 Å². The highest BCUT2D eigenvalue weighted by atomic mass is 16.5. The Morgan fingerprint density at radius 3 is 1.96 bits per heavy atom. The van der Waals surface area contributed by atoms with Gasteiger partial charge in [-0.15, -0.1) is 0 Å². The zero-order chi connectivity index (χ0) is 17.4. The van der Waals surface area contributed by atoms with Crippen LogP contribution in [0.25, 0.3) is 0 Å². The summed E-state index contributed by atoms with van der Waals surface area (Å²) >= 11 is 0. The van der Waals surface area contributed by atoms with E-state index in [1.807, 2.05) is 0 Å². The molecule has 6 nitrogen and oxygen atoms in total. The Morgan fingerprint density at radius 2 is 1.40 bits per heavy atom. The predicted octanol–water partition coefficient (Wildman–Crippen LogP) is 1.96. The van der Waals surface area contributed by atoms with Gasteiger partial charge in [0.1, 0.15) is 0 Å². The van der Waals surface area contributed by atoms with Crippen LogP contribution in [0.5, 0.6) is 0 Å². The number of carbonyl (C=O) groups excluding carboxylic acids is 3. The van der Waals surface area contributed by atoms with Crippen molar-refractivity contribution >= 4 is 23.4 Å². The zero-order valence-corrected chi connectivity index (χ0v) is 13.5. The Morgan fingerprint density at radius 1 is 0.840 bits per heavy atom. The molecule has 0 spiro atoms. The molecule has 0 aromatic heterocycles. The summed E-state index contributed by atoms with van der Waals surface area (Å²) in [5, 5.41) is 0. The van der Waals surface area contributed by atoms with Crippen molar-refractivity contribution in [3.63, 3.8) is 0 Å². The number of rotatable bonds is 2. The highest BCUT2D eigenvalue weighted by molar-refractivity contribution is 6.34. The second-order valence-corrected chi connectivity index (χ2v) is 5.94. The highest BCUT2D eigenvalue weighted by Gasteiger charge is 2.36. The molecule has 0 atom stereocenters. The van der Waals surface area contributed by atoms with Crippen molar-refractivity contribution in [3.05, 3.63) is 65.2 Å². The largest absolute Gasteiger partial charge is 0.378 e. The lowest BCUT2D eigenvalue weighted by atomic mass is 10.1. The monoisotopic (exact) mass is 336 g/mol. The van der Waals surface area contributed by atoms with E-state index in [-0.39, 0.29) is 17.7 Å². The van der Waals surface area contributed by atoms with Gasteiger partial charge in [0.05, 0.1) is 30.0 Å². The van der Waals surface area contributed by atoms with E-state index in [0.29, 0.717) is 48.7 Å². The Labute approximate surface area is 144 Å². The SMILES string of the molecule is O=C(c1ccc(N2C(=O)c3ccccc3C2=O)cc1)N1CCOCC1. The van der Waals surface area contributed by atoms with Crippen LogP contribution < -0.4 is 4.90 Å². The van der Waals surface area contributed by atoms with E-state index in [1.165, 1.54) is 0 Å². The minimum absolute atomic E-state index is 0.0720. The number of amides is 3. The molecule has 6 heteroatoms. The molecule has 2 heterocycles. The van der Waals surface area contributed by atoms with E-state index in [0.717, 1.165) is 4.90 Å². The third kappa shape index (κ3) is 2.60. The molecule has 3 amide bonds. The number of fused-ring (bicyclic) bond motifs is 1. The van der Waals surface area contributed by atoms with Gasteiger partial charge in [-0.25, -0.2) is 4.90 Å². The molecule has 25 heavy (non-hydrogen) atoms. The van der Waals surface area contributed by atoms with E-state index in [1.54, 1.807) is 53.4 Å². The van der Waals surface area contributed by atoms with Gasteiger partial charge in [0.25, 0.3) is 17.7 Å². The molecule has 0 saturated carbocycles. The van der Waals surface area contributed by atoms with Crippen LogP contribution in [-0.4, -0.2) is 48.9 Å². The standard InChI is InChI=1S/C19H16N2O4/c22-17(20-9-11-25-12-10-20)13-5-7-14(8-6-13)21-18(23)15-3-1-2-4-16(15)19(21)24/h1-8H,9-12H2. The first-order valence-corrected chi connectivity index (χ1v) is 8.12. The first kappa shape index (κ1) is 15.5. The molecule has 4 rings (SSSR count). The lowest BCUT2D eigenvalue weighted by molar-refractivity contribution is 0.0303. The van der Waals surface area contributed by atoms with E-state index in [4.69, 9.17) is 4.74 Å². The maximum absolute atomic E-state index is 12.5. The number of hydrogen-bond acceptors (Lipinski definition) is 4. The maximum atomic E-state index is 12.5. The summed E-state index contributed by atoms with van der Waals surface area (Å²) in [5.41, 5.74) is 1.80. The molecule has 0 radical (unpaired) electrons. The number of carbonyl (C=O) groups is 3. The molecule has 2 aliphatic heterocycles. The summed E-state index contributed by atoms with van der Waals surface area (Å²) in [6.45, 7) is 2.22. The van der Waals surface area contributed by atoms with Gasteiger partial charge in [0, 0.05) is 18.7 Å². The van der Waals surface area contributed by atoms with Crippen molar-refractivity contribution in [2.75, 3.05) is 31.2 Å². The van der Waals surface area contributed by atoms with E-state index >= 15 is 0 Å². The van der Waals surface area contributed by atoms with Crippen LogP contribution in [0.2, 0.25) is 0 Å². The fourth-order valence-electron chi connectivity index (χ4n) is 3.13. The van der Waals surface area contributed by atoms with Gasteiger partial charge < -0.3 is 9.64 Å². The highest BCUT2D eigenvalue weighted by Crippen LogP contribution is 2.28. The Kier molecular flexibility index (Phi) is 3.82. The van der Waals surface area contributed by atoms with E-state index in [2.05, 4.69) is 0 Å². The summed E-state index contributed by atoms with van der Waals surface area (Å²) in [7, 11) is 0. The molecular weight excluding hydrogens is 320 g/mol. The fraction of sp³-hybridized carbons (Fsp3) is 0.211. The molecule has 0 N–H and O–H groups in total. The maximum Gasteiger partial charge on any atom is 0.266 e. The van der Waals surface area contributed by atoms with Gasteiger partial charge in [0.2, 0.25) is 0 Å². The van der Waals surface area contributed by atoms with Gasteiger partial charge in [-0.3, -0.25) is 14.4 Å². The topological polar surface area (TPSA) is 66.9 Å². The zero-order valence-electron chi connectivity index (χ0n) is 13.5. The summed E-state index contributed by atoms with van der Waals surface area (Å²) in [4.78, 5) is 40.3. The summed E-state index contributed by atoms with van der Waals surface area (Å²) in [5.74, 6) is -0.752. The number of ether oxygens (including phenoxy) is 1. The van der Waals surface area contributed by atoms with Crippen LogP contribution in [0, 0.1) is 0 Å². The smallest absolute Gasteiger partial charge is 0.266 e. The lowest BCUT2D eigenvalue weighted by Crippen LogP contribution is -2.40. The molecule has 0 unspecified atom stereocenters. The second kappa shape index (κ2) is 6.14. The summed E-state index contributed by atoms with van der Waals surface area (Å²) < 4.78 is 5.25. The quantitative estimate of drug-likeness (QED) is 0.786. The minimum atomic E-state index is -0.340. The number of hydrogen-bond donors (Lipinski definition) is 0. The molecule has 2 aromatic carbocycles. The van der Waals surface area contributed by atoms with Gasteiger partial charge in [-0.05, 0) is 36.4 Å². The van der Waals surface area contributed by atoms with Gasteiger partial charge in [-0.2, -0.15) is 0 Å². The van der Waals surface area contributed by atoms with Crippen LogP contribution >= 0.6 is 0 Å². The molecule has 1 fully saturated rings. The second-order valence-electron chi connectivity index (χ2n) is 5.94. The first-order valence-electron chi connectivity index (χ1n) is 8.12. The summed E-state index contributed by atoms with van der Waals surface area (Å²) in [6, 6.07) is 13.3. The predicted molar refractivity (Wildman–Crippen MR) is 90.7 cm³/mol. The van der Waals surface area contributed by atoms with E-state index in [9.17, 15) is 14.4 Å². The fourth-order valence-corrected chi connectivity index (χ4v) is 3.13. The molecule has 0 bridgehead atoms. The van der Waals surface area contributed by atoms with Crippen molar-refractivity contribution in [2.24, 2.45) is 0 Å².